The molecule has 0 amide bonds. The van der Waals surface area contributed by atoms with Gasteiger partial charge in [-0.05, 0) is 48.6 Å². The summed E-state index contributed by atoms with van der Waals surface area (Å²) >= 11 is 0. The number of hydrogen-bond donors (Lipinski definition) is 1. The lowest BCUT2D eigenvalue weighted by Crippen LogP contribution is -2.30. The minimum Gasteiger partial charge on any atom is -0.463 e. The molecule has 5 heteroatoms. The number of rotatable bonds is 8. The highest BCUT2D eigenvalue weighted by Crippen LogP contribution is 2.28. The van der Waals surface area contributed by atoms with Crippen molar-refractivity contribution in [1.29, 1.82) is 0 Å². The van der Waals surface area contributed by atoms with Gasteiger partial charge in [0.05, 0.1) is 12.1 Å². The highest BCUT2D eigenvalue weighted by Gasteiger charge is 2.27. The Hall–Kier alpha value is -2.82. The fraction of sp³-hybridized carbons (Fsp3) is 0.462. The molecule has 0 radical (unpaired) electrons. The Kier molecular flexibility index (Phi) is 7.23. The van der Waals surface area contributed by atoms with Crippen molar-refractivity contribution < 1.29 is 9.47 Å². The summed E-state index contributed by atoms with van der Waals surface area (Å²) < 4.78 is 11.6. The number of benzene rings is 2. The van der Waals surface area contributed by atoms with Crippen molar-refractivity contribution in [1.82, 2.24) is 5.32 Å². The second kappa shape index (κ2) is 10.5. The normalized spacial score (nSPS) is 22.1. The van der Waals surface area contributed by atoms with E-state index in [1.807, 2.05) is 0 Å². The van der Waals surface area contributed by atoms with Gasteiger partial charge in [-0.1, -0.05) is 74.5 Å². The molecule has 2 heterocycles. The molecule has 0 spiro atoms. The van der Waals surface area contributed by atoms with E-state index in [1.165, 1.54) is 11.1 Å². The summed E-state index contributed by atoms with van der Waals surface area (Å²) in [6.45, 7) is 5.68. The first-order chi connectivity index (χ1) is 15.2. The molecule has 4 atom stereocenters. The summed E-state index contributed by atoms with van der Waals surface area (Å²) in [5, 5.41) is 3.16. The Morgan fingerprint density at radius 3 is 1.55 bits per heavy atom. The average molecular weight is 420 g/mol. The molecule has 4 rings (SSSR count). The summed E-state index contributed by atoms with van der Waals surface area (Å²) in [5.41, 5.74) is 2.74. The molecular weight excluding hydrogens is 386 g/mol. The van der Waals surface area contributed by atoms with Crippen molar-refractivity contribution in [2.75, 3.05) is 13.2 Å². The fourth-order valence-electron chi connectivity index (χ4n) is 4.48. The van der Waals surface area contributed by atoms with Crippen LogP contribution in [0.4, 0.5) is 0 Å². The van der Waals surface area contributed by atoms with Crippen molar-refractivity contribution in [2.24, 2.45) is 9.98 Å². The van der Waals surface area contributed by atoms with E-state index in [2.05, 4.69) is 79.8 Å². The van der Waals surface area contributed by atoms with Crippen LogP contribution >= 0.6 is 0 Å². The van der Waals surface area contributed by atoms with Crippen LogP contribution < -0.4 is 5.32 Å². The van der Waals surface area contributed by atoms with Crippen molar-refractivity contribution >= 4 is 12.0 Å². The van der Waals surface area contributed by atoms with E-state index in [4.69, 9.17) is 19.5 Å². The Labute approximate surface area is 185 Å². The predicted molar refractivity (Wildman–Crippen MR) is 126 cm³/mol. The summed E-state index contributed by atoms with van der Waals surface area (Å²) in [6.07, 6.45) is 4.15. The monoisotopic (exact) mass is 419 g/mol. The van der Waals surface area contributed by atoms with Crippen LogP contribution in [0.1, 0.15) is 62.5 Å². The number of aliphatic imine (C=N–C) groups is 2. The third-order valence-corrected chi connectivity index (χ3v) is 6.28. The molecule has 0 aliphatic carbocycles. The SMILES string of the molecule is CCC(C[C@H]1COC(NC2=N[C@@H](CC(CC)c3ccccc3)CO2)=N1)c1ccccc1. The molecule has 0 saturated heterocycles. The summed E-state index contributed by atoms with van der Waals surface area (Å²) in [7, 11) is 0. The highest BCUT2D eigenvalue weighted by molar-refractivity contribution is 5.94. The van der Waals surface area contributed by atoms with Gasteiger partial charge in [0.1, 0.15) is 13.2 Å². The molecule has 0 bridgehead atoms. The molecule has 0 saturated carbocycles. The molecule has 2 aromatic rings. The van der Waals surface area contributed by atoms with Gasteiger partial charge in [-0.25, -0.2) is 9.98 Å². The summed E-state index contributed by atoms with van der Waals surface area (Å²) in [5.74, 6) is 0.984. The third kappa shape index (κ3) is 5.66. The lowest BCUT2D eigenvalue weighted by atomic mass is 9.90. The van der Waals surface area contributed by atoms with E-state index in [0.717, 1.165) is 25.7 Å². The van der Waals surface area contributed by atoms with E-state index >= 15 is 0 Å². The first-order valence-electron chi connectivity index (χ1n) is 11.5. The van der Waals surface area contributed by atoms with Gasteiger partial charge < -0.3 is 9.47 Å². The van der Waals surface area contributed by atoms with Crippen molar-refractivity contribution in [3.63, 3.8) is 0 Å². The van der Waals surface area contributed by atoms with Crippen LogP contribution in [-0.4, -0.2) is 37.3 Å². The summed E-state index contributed by atoms with van der Waals surface area (Å²) in [4.78, 5) is 9.47. The Morgan fingerprint density at radius 1 is 0.742 bits per heavy atom. The molecule has 31 heavy (non-hydrogen) atoms. The van der Waals surface area contributed by atoms with E-state index in [0.29, 0.717) is 37.1 Å². The van der Waals surface area contributed by atoms with Gasteiger partial charge >= 0.3 is 0 Å². The second-order valence-corrected chi connectivity index (χ2v) is 8.43. The number of nitrogens with one attached hydrogen (secondary N) is 1. The van der Waals surface area contributed by atoms with Gasteiger partial charge in [0, 0.05) is 0 Å². The molecule has 2 unspecified atom stereocenters. The zero-order valence-electron chi connectivity index (χ0n) is 18.5. The van der Waals surface area contributed by atoms with Crippen LogP contribution in [0, 0.1) is 0 Å². The molecule has 5 nitrogen and oxygen atoms in total. The van der Waals surface area contributed by atoms with Crippen molar-refractivity contribution in [2.45, 2.75) is 63.5 Å². The largest absolute Gasteiger partial charge is 0.463 e. The first-order valence-corrected chi connectivity index (χ1v) is 11.5. The quantitative estimate of drug-likeness (QED) is 0.635. The minimum absolute atomic E-state index is 0.160. The number of nitrogens with zero attached hydrogens (tertiary/aromatic N) is 2. The number of amidine groups is 2. The van der Waals surface area contributed by atoms with Crippen LogP contribution in [0.2, 0.25) is 0 Å². The maximum atomic E-state index is 5.79. The van der Waals surface area contributed by atoms with E-state index < -0.39 is 0 Å². The van der Waals surface area contributed by atoms with Gasteiger partial charge in [-0.3, -0.25) is 5.32 Å². The van der Waals surface area contributed by atoms with Gasteiger partial charge in [0.25, 0.3) is 12.0 Å². The van der Waals surface area contributed by atoms with Crippen LogP contribution in [-0.2, 0) is 9.47 Å². The van der Waals surface area contributed by atoms with Gasteiger partial charge in [0.15, 0.2) is 0 Å². The molecule has 2 aliphatic rings. The Balaban J connectivity index is 1.31. The minimum atomic E-state index is 0.160. The van der Waals surface area contributed by atoms with Gasteiger partial charge in [-0.15, -0.1) is 0 Å². The Bertz CT molecular complexity index is 809. The zero-order valence-corrected chi connectivity index (χ0v) is 18.5. The summed E-state index contributed by atoms with van der Waals surface area (Å²) in [6, 6.07) is 22.7. The van der Waals surface area contributed by atoms with Crippen molar-refractivity contribution in [3.8, 4) is 0 Å². The number of hydrogen-bond acceptors (Lipinski definition) is 5. The molecule has 1 N–H and O–H groups in total. The standard InChI is InChI=1S/C26H33N3O2/c1-3-19(21-11-7-5-8-12-21)15-23-17-30-25(27-23)29-26-28-24(18-31-26)16-20(4-2)22-13-9-6-10-14-22/h5-14,19-20,23-24H,3-4,15-18H2,1-2H3,(H,27,28,29)/t19?,20?,23-,24-/m0/s1. The van der Waals surface area contributed by atoms with E-state index in [9.17, 15) is 0 Å². The highest BCUT2D eigenvalue weighted by atomic mass is 16.5. The van der Waals surface area contributed by atoms with E-state index in [-0.39, 0.29) is 12.1 Å². The fourth-order valence-corrected chi connectivity index (χ4v) is 4.48. The van der Waals surface area contributed by atoms with Crippen molar-refractivity contribution in [3.05, 3.63) is 71.8 Å². The second-order valence-electron chi connectivity index (χ2n) is 8.43. The molecule has 0 fully saturated rings. The maximum absolute atomic E-state index is 5.79. The Morgan fingerprint density at radius 2 is 1.16 bits per heavy atom. The molecule has 0 aromatic heterocycles. The van der Waals surface area contributed by atoms with Gasteiger partial charge in [-0.2, -0.15) is 0 Å². The third-order valence-electron chi connectivity index (χ3n) is 6.28. The van der Waals surface area contributed by atoms with Gasteiger partial charge in [0.2, 0.25) is 0 Å². The number of ether oxygens (including phenoxy) is 2. The first kappa shape index (κ1) is 21.4. The van der Waals surface area contributed by atoms with Crippen LogP contribution in [0.3, 0.4) is 0 Å². The molecule has 2 aromatic carbocycles. The average Bonchev–Trinajstić information content (AvgIpc) is 3.46. The molecular formula is C26H33N3O2. The zero-order chi connectivity index (χ0) is 21.5. The van der Waals surface area contributed by atoms with Crippen LogP contribution in [0.5, 0.6) is 0 Å². The predicted octanol–water partition coefficient (Wildman–Crippen LogP) is 5.25. The van der Waals surface area contributed by atoms with Crippen LogP contribution in [0.25, 0.3) is 0 Å². The topological polar surface area (TPSA) is 55.2 Å². The lowest BCUT2D eigenvalue weighted by Gasteiger charge is -2.17. The molecule has 164 valence electrons. The van der Waals surface area contributed by atoms with Crippen LogP contribution in [0.15, 0.2) is 70.6 Å². The maximum Gasteiger partial charge on any atom is 0.293 e. The lowest BCUT2D eigenvalue weighted by molar-refractivity contribution is 0.282. The smallest absolute Gasteiger partial charge is 0.293 e. The molecule has 2 aliphatic heterocycles. The van der Waals surface area contributed by atoms with E-state index in [1.54, 1.807) is 0 Å².